The van der Waals surface area contributed by atoms with E-state index in [1.54, 1.807) is 42.5 Å². The number of methoxy groups -OCH3 is 2. The largest absolute Gasteiger partial charge is 0.493 e. The van der Waals surface area contributed by atoms with Crippen LogP contribution in [-0.2, 0) is 4.79 Å². The molecule has 6 heteroatoms. The number of halogens is 1. The van der Waals surface area contributed by atoms with Crippen molar-refractivity contribution in [1.29, 1.82) is 0 Å². The highest BCUT2D eigenvalue weighted by Gasteiger charge is 2.13. The molecular weight excluding hydrogens is 306 g/mol. The first-order valence-corrected chi connectivity index (χ1v) is 6.91. The van der Waals surface area contributed by atoms with Crippen LogP contribution in [0, 0.1) is 0 Å². The second kappa shape index (κ2) is 7.56. The van der Waals surface area contributed by atoms with Crippen LogP contribution >= 0.6 is 11.6 Å². The topological polar surface area (TPSA) is 56.8 Å². The molecule has 0 saturated carbocycles. The Kier molecular flexibility index (Phi) is 5.49. The number of nitrogens with one attached hydrogen (secondary N) is 1. The SMILES string of the molecule is COc1cccc(OC)c1OCC(=O)Nc1ccccc1Cl. The number of rotatable bonds is 6. The van der Waals surface area contributed by atoms with Crippen LogP contribution < -0.4 is 19.5 Å². The van der Waals surface area contributed by atoms with Crippen molar-refractivity contribution in [3.8, 4) is 17.2 Å². The molecule has 0 aliphatic carbocycles. The smallest absolute Gasteiger partial charge is 0.262 e. The molecule has 116 valence electrons. The van der Waals surface area contributed by atoms with E-state index in [2.05, 4.69) is 5.32 Å². The van der Waals surface area contributed by atoms with Crippen LogP contribution in [0.4, 0.5) is 5.69 Å². The van der Waals surface area contributed by atoms with E-state index in [0.29, 0.717) is 28.0 Å². The van der Waals surface area contributed by atoms with E-state index >= 15 is 0 Å². The van der Waals surface area contributed by atoms with E-state index in [4.69, 9.17) is 25.8 Å². The molecule has 22 heavy (non-hydrogen) atoms. The van der Waals surface area contributed by atoms with Crippen molar-refractivity contribution in [3.63, 3.8) is 0 Å². The summed E-state index contributed by atoms with van der Waals surface area (Å²) in [5.74, 6) is 1.03. The molecule has 2 rings (SSSR count). The molecule has 0 aliphatic heterocycles. The maximum atomic E-state index is 12.0. The van der Waals surface area contributed by atoms with E-state index in [0.717, 1.165) is 0 Å². The van der Waals surface area contributed by atoms with E-state index < -0.39 is 0 Å². The maximum absolute atomic E-state index is 12.0. The molecule has 2 aromatic carbocycles. The molecule has 2 aromatic rings. The normalized spacial score (nSPS) is 9.95. The molecule has 1 N–H and O–H groups in total. The summed E-state index contributed by atoms with van der Waals surface area (Å²) >= 11 is 5.99. The predicted octanol–water partition coefficient (Wildman–Crippen LogP) is 3.37. The van der Waals surface area contributed by atoms with Gasteiger partial charge in [-0.15, -0.1) is 0 Å². The summed E-state index contributed by atoms with van der Waals surface area (Å²) in [6.45, 7) is -0.193. The molecule has 1 amide bonds. The van der Waals surface area contributed by atoms with Crippen molar-refractivity contribution in [2.45, 2.75) is 0 Å². The van der Waals surface area contributed by atoms with Gasteiger partial charge in [0.15, 0.2) is 18.1 Å². The van der Waals surface area contributed by atoms with Gasteiger partial charge in [0.05, 0.1) is 24.9 Å². The van der Waals surface area contributed by atoms with Crippen molar-refractivity contribution >= 4 is 23.2 Å². The van der Waals surface area contributed by atoms with Gasteiger partial charge in [-0.2, -0.15) is 0 Å². The van der Waals surface area contributed by atoms with Crippen LogP contribution in [0.2, 0.25) is 5.02 Å². The molecule has 0 atom stereocenters. The first-order chi connectivity index (χ1) is 10.7. The Bertz CT molecular complexity index is 638. The summed E-state index contributed by atoms with van der Waals surface area (Å²) in [6.07, 6.45) is 0. The highest BCUT2D eigenvalue weighted by Crippen LogP contribution is 2.36. The number of anilines is 1. The minimum Gasteiger partial charge on any atom is -0.493 e. The molecule has 0 aliphatic rings. The van der Waals surface area contributed by atoms with Crippen molar-refractivity contribution < 1.29 is 19.0 Å². The van der Waals surface area contributed by atoms with Crippen LogP contribution in [-0.4, -0.2) is 26.7 Å². The van der Waals surface area contributed by atoms with Gasteiger partial charge in [-0.1, -0.05) is 29.8 Å². The minimum absolute atomic E-state index is 0.193. The van der Waals surface area contributed by atoms with Gasteiger partial charge in [0.1, 0.15) is 0 Å². The van der Waals surface area contributed by atoms with Gasteiger partial charge >= 0.3 is 0 Å². The lowest BCUT2D eigenvalue weighted by molar-refractivity contribution is -0.118. The van der Waals surface area contributed by atoms with Crippen molar-refractivity contribution in [2.24, 2.45) is 0 Å². The van der Waals surface area contributed by atoms with Crippen LogP contribution in [0.15, 0.2) is 42.5 Å². The number of para-hydroxylation sites is 2. The number of hydrogen-bond donors (Lipinski definition) is 1. The molecule has 0 bridgehead atoms. The number of ether oxygens (including phenoxy) is 3. The fourth-order valence-electron chi connectivity index (χ4n) is 1.85. The van der Waals surface area contributed by atoms with E-state index in [1.807, 2.05) is 0 Å². The monoisotopic (exact) mass is 321 g/mol. The molecule has 0 heterocycles. The van der Waals surface area contributed by atoms with Crippen molar-refractivity contribution in [3.05, 3.63) is 47.5 Å². The maximum Gasteiger partial charge on any atom is 0.262 e. The van der Waals surface area contributed by atoms with Gasteiger partial charge in [0.25, 0.3) is 5.91 Å². The molecular formula is C16H16ClNO4. The van der Waals surface area contributed by atoms with Gasteiger partial charge in [0.2, 0.25) is 5.75 Å². The van der Waals surface area contributed by atoms with Crippen molar-refractivity contribution in [1.82, 2.24) is 0 Å². The first kappa shape index (κ1) is 16.0. The summed E-state index contributed by atoms with van der Waals surface area (Å²) in [5.41, 5.74) is 0.532. The molecule has 0 unspecified atom stereocenters. The Balaban J connectivity index is 2.04. The number of hydrogen-bond acceptors (Lipinski definition) is 4. The Hall–Kier alpha value is -2.40. The Labute approximate surface area is 133 Å². The van der Waals surface area contributed by atoms with Crippen LogP contribution in [0.3, 0.4) is 0 Å². The summed E-state index contributed by atoms with van der Waals surface area (Å²) in [5, 5.41) is 3.14. The Morgan fingerprint density at radius 2 is 1.68 bits per heavy atom. The molecule has 0 saturated heterocycles. The molecule has 0 radical (unpaired) electrons. The summed E-state index contributed by atoms with van der Waals surface area (Å²) in [4.78, 5) is 12.0. The second-order valence-corrected chi connectivity index (χ2v) is 4.72. The van der Waals surface area contributed by atoms with Gasteiger partial charge in [-0.3, -0.25) is 4.79 Å². The molecule has 0 aromatic heterocycles. The summed E-state index contributed by atoms with van der Waals surface area (Å²) < 4.78 is 15.9. The highest BCUT2D eigenvalue weighted by atomic mass is 35.5. The fourth-order valence-corrected chi connectivity index (χ4v) is 2.03. The second-order valence-electron chi connectivity index (χ2n) is 4.31. The number of amides is 1. The number of carbonyl (C=O) groups is 1. The zero-order chi connectivity index (χ0) is 15.9. The summed E-state index contributed by atoms with van der Waals surface area (Å²) in [6, 6.07) is 12.2. The fraction of sp³-hybridized carbons (Fsp3) is 0.188. The lowest BCUT2D eigenvalue weighted by Gasteiger charge is -2.14. The predicted molar refractivity (Wildman–Crippen MR) is 85.1 cm³/mol. The lowest BCUT2D eigenvalue weighted by Crippen LogP contribution is -2.20. The average molecular weight is 322 g/mol. The van der Waals surface area contributed by atoms with Gasteiger partial charge in [0, 0.05) is 0 Å². The van der Waals surface area contributed by atoms with Crippen molar-refractivity contribution in [2.75, 3.05) is 26.1 Å². The third kappa shape index (κ3) is 3.83. The zero-order valence-electron chi connectivity index (χ0n) is 12.3. The van der Waals surface area contributed by atoms with E-state index in [-0.39, 0.29) is 12.5 Å². The summed E-state index contributed by atoms with van der Waals surface area (Å²) in [7, 11) is 3.04. The third-order valence-corrected chi connectivity index (χ3v) is 3.21. The van der Waals surface area contributed by atoms with Gasteiger partial charge < -0.3 is 19.5 Å². The Morgan fingerprint density at radius 3 is 2.27 bits per heavy atom. The van der Waals surface area contributed by atoms with Crippen LogP contribution in [0.25, 0.3) is 0 Å². The van der Waals surface area contributed by atoms with Gasteiger partial charge in [-0.25, -0.2) is 0 Å². The standard InChI is InChI=1S/C16H16ClNO4/c1-20-13-8-5-9-14(21-2)16(13)22-10-15(19)18-12-7-4-3-6-11(12)17/h3-9H,10H2,1-2H3,(H,18,19). The minimum atomic E-state index is -0.332. The number of benzene rings is 2. The van der Waals surface area contributed by atoms with Crippen LogP contribution in [0.1, 0.15) is 0 Å². The quantitative estimate of drug-likeness (QED) is 0.886. The zero-order valence-corrected chi connectivity index (χ0v) is 13.0. The average Bonchev–Trinajstić information content (AvgIpc) is 2.54. The number of carbonyl (C=O) groups excluding carboxylic acids is 1. The molecule has 0 fully saturated rings. The molecule has 5 nitrogen and oxygen atoms in total. The van der Waals surface area contributed by atoms with Gasteiger partial charge in [-0.05, 0) is 24.3 Å². The van der Waals surface area contributed by atoms with E-state index in [9.17, 15) is 4.79 Å². The molecule has 0 spiro atoms. The lowest BCUT2D eigenvalue weighted by atomic mass is 10.3. The first-order valence-electron chi connectivity index (χ1n) is 6.54. The van der Waals surface area contributed by atoms with E-state index in [1.165, 1.54) is 14.2 Å². The third-order valence-electron chi connectivity index (χ3n) is 2.88. The Morgan fingerprint density at radius 1 is 1.05 bits per heavy atom. The highest BCUT2D eigenvalue weighted by molar-refractivity contribution is 6.33. The van der Waals surface area contributed by atoms with Crippen LogP contribution in [0.5, 0.6) is 17.2 Å².